The topological polar surface area (TPSA) is 62.3 Å². The van der Waals surface area contributed by atoms with Crippen LogP contribution in [-0.2, 0) is 9.59 Å². The van der Waals surface area contributed by atoms with Crippen molar-refractivity contribution in [1.82, 2.24) is 9.88 Å². The molecule has 0 aliphatic heterocycles. The van der Waals surface area contributed by atoms with E-state index >= 15 is 0 Å². The molecule has 1 aromatic rings. The van der Waals surface area contributed by atoms with Crippen LogP contribution < -0.4 is 5.32 Å². The molecular weight excluding hydrogens is 206 g/mol. The average molecular weight is 221 g/mol. The summed E-state index contributed by atoms with van der Waals surface area (Å²) in [6.07, 6.45) is 1.99. The lowest BCUT2D eigenvalue weighted by molar-refractivity contribution is -0.130. The molecule has 0 fully saturated rings. The maximum Gasteiger partial charge on any atom is 0.226 e. The van der Waals surface area contributed by atoms with Gasteiger partial charge in [-0.1, -0.05) is 6.07 Å². The van der Waals surface area contributed by atoms with E-state index in [-0.39, 0.29) is 24.7 Å². The normalized spacial score (nSPS) is 9.62. The van der Waals surface area contributed by atoms with E-state index in [0.29, 0.717) is 5.82 Å². The molecule has 5 heteroatoms. The van der Waals surface area contributed by atoms with Gasteiger partial charge in [-0.15, -0.1) is 0 Å². The molecule has 86 valence electrons. The first-order chi connectivity index (χ1) is 7.59. The fraction of sp³-hybridized carbons (Fsp3) is 0.364. The summed E-state index contributed by atoms with van der Waals surface area (Å²) in [4.78, 5) is 28.1. The molecule has 1 aromatic heterocycles. The summed E-state index contributed by atoms with van der Waals surface area (Å²) in [5.74, 6) is 0.245. The van der Waals surface area contributed by atoms with Crippen LogP contribution in [0.1, 0.15) is 12.8 Å². The summed E-state index contributed by atoms with van der Waals surface area (Å²) in [6, 6.07) is 5.25. The molecule has 0 saturated heterocycles. The molecule has 0 aromatic carbocycles. The lowest BCUT2D eigenvalue weighted by Crippen LogP contribution is -2.23. The SMILES string of the molecule is CN(C)C(=O)CCC(=O)Nc1ccccn1. The van der Waals surface area contributed by atoms with Crippen molar-refractivity contribution in [2.24, 2.45) is 0 Å². The third-order valence-corrected chi connectivity index (χ3v) is 2.00. The second-order valence-electron chi connectivity index (χ2n) is 3.55. The Hall–Kier alpha value is -1.91. The Bertz CT molecular complexity index is 363. The number of aromatic nitrogens is 1. The van der Waals surface area contributed by atoms with Gasteiger partial charge in [0.1, 0.15) is 5.82 Å². The Balaban J connectivity index is 2.35. The molecule has 0 spiro atoms. The van der Waals surface area contributed by atoms with Crippen molar-refractivity contribution in [3.05, 3.63) is 24.4 Å². The fourth-order valence-electron chi connectivity index (χ4n) is 1.09. The lowest BCUT2D eigenvalue weighted by Gasteiger charge is -2.09. The minimum Gasteiger partial charge on any atom is -0.349 e. The maximum atomic E-state index is 11.4. The van der Waals surface area contributed by atoms with E-state index in [2.05, 4.69) is 10.3 Å². The van der Waals surface area contributed by atoms with E-state index < -0.39 is 0 Å². The smallest absolute Gasteiger partial charge is 0.226 e. The second-order valence-corrected chi connectivity index (χ2v) is 3.55. The van der Waals surface area contributed by atoms with Gasteiger partial charge in [-0.05, 0) is 12.1 Å². The van der Waals surface area contributed by atoms with E-state index in [0.717, 1.165) is 0 Å². The van der Waals surface area contributed by atoms with Gasteiger partial charge in [0.25, 0.3) is 0 Å². The number of rotatable bonds is 4. The van der Waals surface area contributed by atoms with Gasteiger partial charge in [-0.3, -0.25) is 9.59 Å². The number of pyridine rings is 1. The van der Waals surface area contributed by atoms with Gasteiger partial charge in [-0.25, -0.2) is 4.98 Å². The van der Waals surface area contributed by atoms with E-state index in [9.17, 15) is 9.59 Å². The zero-order chi connectivity index (χ0) is 12.0. The summed E-state index contributed by atoms with van der Waals surface area (Å²) in [6.45, 7) is 0. The fourth-order valence-corrected chi connectivity index (χ4v) is 1.09. The van der Waals surface area contributed by atoms with Gasteiger partial charge in [0.15, 0.2) is 0 Å². The third-order valence-electron chi connectivity index (χ3n) is 2.00. The zero-order valence-electron chi connectivity index (χ0n) is 9.43. The highest BCUT2D eigenvalue weighted by Crippen LogP contribution is 2.02. The highest BCUT2D eigenvalue weighted by Gasteiger charge is 2.08. The Morgan fingerprint density at radius 1 is 1.31 bits per heavy atom. The Labute approximate surface area is 94.5 Å². The van der Waals surface area contributed by atoms with Gasteiger partial charge in [0.2, 0.25) is 11.8 Å². The molecule has 0 aliphatic carbocycles. The number of nitrogens with one attached hydrogen (secondary N) is 1. The number of hydrogen-bond donors (Lipinski definition) is 1. The quantitative estimate of drug-likeness (QED) is 0.821. The first-order valence-corrected chi connectivity index (χ1v) is 5.00. The number of hydrogen-bond acceptors (Lipinski definition) is 3. The predicted octanol–water partition coefficient (Wildman–Crippen LogP) is 0.888. The Morgan fingerprint density at radius 2 is 2.06 bits per heavy atom. The van der Waals surface area contributed by atoms with Gasteiger partial charge < -0.3 is 10.2 Å². The number of carbonyl (C=O) groups is 2. The van der Waals surface area contributed by atoms with Crippen LogP contribution in [0.3, 0.4) is 0 Å². The van der Waals surface area contributed by atoms with Crippen molar-refractivity contribution in [1.29, 1.82) is 0 Å². The summed E-state index contributed by atoms with van der Waals surface area (Å²) < 4.78 is 0. The van der Waals surface area contributed by atoms with Crippen LogP contribution in [0, 0.1) is 0 Å². The van der Waals surface area contributed by atoms with E-state index in [1.165, 1.54) is 4.90 Å². The second kappa shape index (κ2) is 5.85. The van der Waals surface area contributed by atoms with Gasteiger partial charge >= 0.3 is 0 Å². The molecule has 5 nitrogen and oxygen atoms in total. The summed E-state index contributed by atoms with van der Waals surface area (Å²) in [7, 11) is 3.33. The number of amides is 2. The summed E-state index contributed by atoms with van der Waals surface area (Å²) in [5, 5.41) is 2.62. The van der Waals surface area contributed by atoms with Gasteiger partial charge in [-0.2, -0.15) is 0 Å². The molecule has 1 heterocycles. The molecule has 0 radical (unpaired) electrons. The van der Waals surface area contributed by atoms with E-state index in [1.807, 2.05) is 0 Å². The van der Waals surface area contributed by atoms with Crippen LogP contribution in [0.5, 0.6) is 0 Å². The molecule has 1 rings (SSSR count). The minimum atomic E-state index is -0.200. The van der Waals surface area contributed by atoms with Gasteiger partial charge in [0.05, 0.1) is 0 Å². The standard InChI is InChI=1S/C11H15N3O2/c1-14(2)11(16)7-6-10(15)13-9-5-3-4-8-12-9/h3-5,8H,6-7H2,1-2H3,(H,12,13,15). The Kier molecular flexibility index (Phi) is 4.44. The highest BCUT2D eigenvalue weighted by atomic mass is 16.2. The van der Waals surface area contributed by atoms with Crippen LogP contribution in [0.25, 0.3) is 0 Å². The molecule has 0 atom stereocenters. The summed E-state index contributed by atoms with van der Waals surface area (Å²) >= 11 is 0. The number of carbonyl (C=O) groups excluding carboxylic acids is 2. The van der Waals surface area contributed by atoms with Crippen LogP contribution >= 0.6 is 0 Å². The molecule has 16 heavy (non-hydrogen) atoms. The molecule has 0 unspecified atom stereocenters. The van der Waals surface area contributed by atoms with Crippen molar-refractivity contribution in [2.45, 2.75) is 12.8 Å². The van der Waals surface area contributed by atoms with E-state index in [4.69, 9.17) is 0 Å². The maximum absolute atomic E-state index is 11.4. The first kappa shape index (κ1) is 12.2. The molecule has 0 saturated carbocycles. The Morgan fingerprint density at radius 3 is 2.62 bits per heavy atom. The van der Waals surface area contributed by atoms with Crippen molar-refractivity contribution >= 4 is 17.6 Å². The van der Waals surface area contributed by atoms with Crippen LogP contribution in [0.2, 0.25) is 0 Å². The largest absolute Gasteiger partial charge is 0.349 e. The minimum absolute atomic E-state index is 0.0591. The van der Waals surface area contributed by atoms with Crippen LogP contribution in [0.15, 0.2) is 24.4 Å². The molecule has 2 amide bonds. The first-order valence-electron chi connectivity index (χ1n) is 5.00. The van der Waals surface area contributed by atoms with Crippen molar-refractivity contribution in [3.63, 3.8) is 0 Å². The molecular formula is C11H15N3O2. The van der Waals surface area contributed by atoms with Gasteiger partial charge in [0, 0.05) is 33.1 Å². The predicted molar refractivity (Wildman–Crippen MR) is 60.8 cm³/mol. The third kappa shape index (κ3) is 4.08. The highest BCUT2D eigenvalue weighted by molar-refractivity contribution is 5.92. The average Bonchev–Trinajstić information content (AvgIpc) is 2.27. The lowest BCUT2D eigenvalue weighted by atomic mass is 10.2. The zero-order valence-corrected chi connectivity index (χ0v) is 9.43. The summed E-state index contributed by atoms with van der Waals surface area (Å²) in [5.41, 5.74) is 0. The molecule has 0 bridgehead atoms. The van der Waals surface area contributed by atoms with Crippen LogP contribution in [0.4, 0.5) is 5.82 Å². The van der Waals surface area contributed by atoms with Crippen molar-refractivity contribution in [2.75, 3.05) is 19.4 Å². The van der Waals surface area contributed by atoms with Crippen LogP contribution in [-0.4, -0.2) is 35.8 Å². The monoisotopic (exact) mass is 221 g/mol. The van der Waals surface area contributed by atoms with Crippen molar-refractivity contribution in [3.8, 4) is 0 Å². The van der Waals surface area contributed by atoms with Crippen molar-refractivity contribution < 1.29 is 9.59 Å². The number of nitrogens with zero attached hydrogens (tertiary/aromatic N) is 2. The number of anilines is 1. The molecule has 0 aliphatic rings. The van der Waals surface area contributed by atoms with E-state index in [1.54, 1.807) is 38.5 Å². The molecule has 1 N–H and O–H groups in total.